The summed E-state index contributed by atoms with van der Waals surface area (Å²) in [6.45, 7) is 25.2. The molecule has 0 aliphatic carbocycles. The van der Waals surface area contributed by atoms with Crippen LogP contribution in [0.15, 0.2) is 38.0 Å². The minimum Gasteiger partial charge on any atom is 2.00 e. The van der Waals surface area contributed by atoms with E-state index in [4.69, 9.17) is 24.1 Å². The van der Waals surface area contributed by atoms with Gasteiger partial charge in [0.05, 0.1) is 0 Å². The number of hydrogen-bond acceptors (Lipinski definition) is 1. The van der Waals surface area contributed by atoms with Gasteiger partial charge >= 0.3 is 77.1 Å². The van der Waals surface area contributed by atoms with Gasteiger partial charge in [0, 0.05) is 13.2 Å². The fourth-order valence-corrected chi connectivity index (χ4v) is 0.204. The second-order valence-electron chi connectivity index (χ2n) is 1.75. The van der Waals surface area contributed by atoms with E-state index < -0.39 is 15.1 Å². The number of rotatable bonds is 2. The molecule has 0 atom stereocenters. The van der Waals surface area contributed by atoms with E-state index in [1.807, 2.05) is 13.8 Å². The van der Waals surface area contributed by atoms with E-state index in [1.165, 1.54) is 18.2 Å². The van der Waals surface area contributed by atoms with Gasteiger partial charge < -0.3 is 21.7 Å². The van der Waals surface area contributed by atoms with Crippen LogP contribution in [0.3, 0.4) is 0 Å². The second kappa shape index (κ2) is 105. The van der Waals surface area contributed by atoms with Gasteiger partial charge in [0.15, 0.2) is 0 Å². The molecule has 7 heteroatoms. The van der Waals surface area contributed by atoms with Crippen molar-refractivity contribution in [3.8, 4) is 0 Å². The molecule has 0 aromatic heterocycles. The summed E-state index contributed by atoms with van der Waals surface area (Å²) in [7, 11) is 9.90. The Bertz CT molecular complexity index is 108. The van der Waals surface area contributed by atoms with Gasteiger partial charge in [-0.1, -0.05) is 0 Å². The molecular weight excluding hydrogens is 478 g/mol. The SMILES string of the molecule is C=C[CH2-].C=C[CH2-].C=C[CH2-].CCOCC.[Br-].[Cl][Zn][Cl].[Mg+2].[Zn+2]. The molecule has 0 unspecified atom stereocenters. The van der Waals surface area contributed by atoms with E-state index in [2.05, 4.69) is 40.5 Å². The van der Waals surface area contributed by atoms with Gasteiger partial charge in [-0.2, -0.15) is 0 Å². The number of halogens is 3. The molecule has 0 N–H and O–H groups in total. The zero-order valence-electron chi connectivity index (χ0n) is 13.1. The number of hydrogen-bond donors (Lipinski definition) is 0. The molecule has 0 aliphatic heterocycles. The third-order valence-electron chi connectivity index (χ3n) is 0.408. The van der Waals surface area contributed by atoms with Gasteiger partial charge in [-0.15, -0.1) is 0 Å². The summed E-state index contributed by atoms with van der Waals surface area (Å²) >= 11 is -0.931. The fourth-order valence-electron chi connectivity index (χ4n) is 0.204. The van der Waals surface area contributed by atoms with Crippen molar-refractivity contribution in [3.05, 3.63) is 58.7 Å². The van der Waals surface area contributed by atoms with Crippen LogP contribution in [-0.2, 0) is 39.4 Å². The largest absolute Gasteiger partial charge is 2.00 e. The minimum absolute atomic E-state index is 0. The van der Waals surface area contributed by atoms with Crippen LogP contribution in [0.4, 0.5) is 0 Å². The smallest absolute Gasteiger partial charge is 2.00 e. The molecule has 0 rings (SSSR count). The third kappa shape index (κ3) is 474. The molecule has 0 amide bonds. The van der Waals surface area contributed by atoms with Crippen LogP contribution >= 0.6 is 19.4 Å². The molecule has 0 heterocycles. The van der Waals surface area contributed by atoms with Gasteiger partial charge in [-0.3, -0.25) is 0 Å². The summed E-state index contributed by atoms with van der Waals surface area (Å²) in [6.07, 6.45) is 4.50. The molecule has 0 saturated heterocycles. The fraction of sp³-hybridized carbons (Fsp3) is 0.308. The summed E-state index contributed by atoms with van der Waals surface area (Å²) in [5.41, 5.74) is 0. The van der Waals surface area contributed by atoms with Crippen LogP contribution in [0.25, 0.3) is 0 Å². The summed E-state index contributed by atoms with van der Waals surface area (Å²) in [5, 5.41) is 0. The monoisotopic (exact) mass is 498 g/mol. The summed E-state index contributed by atoms with van der Waals surface area (Å²) < 4.78 is 4.83. The average molecular weight is 503 g/mol. The second-order valence-corrected chi connectivity index (χ2v) is 6.37. The van der Waals surface area contributed by atoms with Crippen molar-refractivity contribution < 1.29 is 56.3 Å². The third-order valence-corrected chi connectivity index (χ3v) is 0.408. The van der Waals surface area contributed by atoms with E-state index >= 15 is 0 Å². The van der Waals surface area contributed by atoms with Crippen LogP contribution in [0, 0.1) is 20.8 Å². The van der Waals surface area contributed by atoms with Crippen molar-refractivity contribution in [1.82, 2.24) is 0 Å². The van der Waals surface area contributed by atoms with Crippen LogP contribution in [-0.4, -0.2) is 36.3 Å². The molecule has 0 aromatic rings. The number of ether oxygens (including phenoxy) is 1. The molecule has 1 nitrogen and oxygen atoms in total. The zero-order valence-corrected chi connectivity index (χ0v) is 23.5. The predicted molar refractivity (Wildman–Crippen MR) is 86.3 cm³/mol. The van der Waals surface area contributed by atoms with Gasteiger partial charge in [0.25, 0.3) is 0 Å². The first-order valence-electron chi connectivity index (χ1n) is 4.98. The molecule has 0 saturated carbocycles. The van der Waals surface area contributed by atoms with Crippen molar-refractivity contribution in [1.29, 1.82) is 0 Å². The molecule has 0 bridgehead atoms. The molecule has 20 heavy (non-hydrogen) atoms. The Balaban J connectivity index is -0.0000000147. The Kier molecular flexibility index (Phi) is 259. The maximum absolute atomic E-state index is 4.95. The molecule has 110 valence electrons. The van der Waals surface area contributed by atoms with Crippen molar-refractivity contribution in [2.75, 3.05) is 13.2 Å². The topological polar surface area (TPSA) is 9.23 Å². The van der Waals surface area contributed by atoms with Crippen LogP contribution in [0.2, 0.25) is 0 Å². The Morgan fingerprint density at radius 2 is 1.05 bits per heavy atom. The van der Waals surface area contributed by atoms with Crippen molar-refractivity contribution >= 4 is 42.4 Å². The van der Waals surface area contributed by atoms with E-state index in [9.17, 15) is 0 Å². The van der Waals surface area contributed by atoms with Gasteiger partial charge in [0.1, 0.15) is 0 Å². The predicted octanol–water partition coefficient (Wildman–Crippen LogP) is 2.06. The van der Waals surface area contributed by atoms with Crippen molar-refractivity contribution in [2.45, 2.75) is 13.8 Å². The average Bonchev–Trinajstić information content (AvgIpc) is 2.23. The van der Waals surface area contributed by atoms with Gasteiger partial charge in [-0.25, -0.2) is 58.7 Å². The molecule has 0 spiro atoms. The normalized spacial score (nSPS) is 4.40. The molecule has 0 radical (unpaired) electrons. The van der Waals surface area contributed by atoms with Crippen LogP contribution < -0.4 is 17.0 Å². The maximum Gasteiger partial charge on any atom is 2.00 e. The van der Waals surface area contributed by atoms with Gasteiger partial charge in [0.2, 0.25) is 0 Å². The molecular formula is C13H25BrCl2MgOZn2. The van der Waals surface area contributed by atoms with E-state index in [0.717, 1.165) is 13.2 Å². The Hall–Kier alpha value is 1.86. The van der Waals surface area contributed by atoms with Crippen molar-refractivity contribution in [2.24, 2.45) is 0 Å². The minimum atomic E-state index is -0.931. The van der Waals surface area contributed by atoms with Crippen LogP contribution in [0.1, 0.15) is 13.8 Å². The molecule has 0 aliphatic rings. The summed E-state index contributed by atoms with van der Waals surface area (Å²) in [4.78, 5) is 0. The molecule has 0 fully saturated rings. The van der Waals surface area contributed by atoms with Crippen molar-refractivity contribution in [3.63, 3.8) is 0 Å². The van der Waals surface area contributed by atoms with Gasteiger partial charge in [-0.05, 0) is 13.8 Å². The first-order valence-corrected chi connectivity index (χ1v) is 12.8. The Labute approximate surface area is 182 Å². The Morgan fingerprint density at radius 3 is 1.05 bits per heavy atom. The first-order chi connectivity index (χ1) is 8.07. The summed E-state index contributed by atoms with van der Waals surface area (Å²) in [6, 6.07) is 0. The van der Waals surface area contributed by atoms with E-state index in [0.29, 0.717) is 0 Å². The maximum atomic E-state index is 4.95. The summed E-state index contributed by atoms with van der Waals surface area (Å²) in [5.74, 6) is 0. The quantitative estimate of drug-likeness (QED) is 0.415. The zero-order chi connectivity index (χ0) is 14.9. The number of allylic oxidation sites excluding steroid dienone is 3. The van der Waals surface area contributed by atoms with Crippen LogP contribution in [0.5, 0.6) is 0 Å². The van der Waals surface area contributed by atoms with E-state index in [-0.39, 0.29) is 59.5 Å². The first kappa shape index (κ1) is 49.5. The molecule has 0 aromatic carbocycles. The standard InChI is InChI=1S/C4H10O.3C3H5.BrH.2ClH.Mg.2Zn/c1-3-5-4-2;3*1-3-2;;;;;;/h3-4H2,1-2H3;3*3H,1-2H2;3*1H;;;/q;3*-1;;;;3*+2/p-3. The van der Waals surface area contributed by atoms with E-state index in [1.54, 1.807) is 0 Å². The Morgan fingerprint density at radius 1 is 0.950 bits per heavy atom.